The maximum atomic E-state index is 5.53. The largest absolute Gasteiger partial charge is 0.366 e. The highest BCUT2D eigenvalue weighted by molar-refractivity contribution is 5.36. The van der Waals surface area contributed by atoms with Crippen molar-refractivity contribution in [2.24, 2.45) is 5.73 Å². The maximum absolute atomic E-state index is 5.53. The van der Waals surface area contributed by atoms with E-state index >= 15 is 0 Å². The van der Waals surface area contributed by atoms with Crippen LogP contribution in [0.4, 0.5) is 5.82 Å². The highest BCUT2D eigenvalue weighted by Crippen LogP contribution is 2.09. The van der Waals surface area contributed by atoms with Gasteiger partial charge in [0.1, 0.15) is 12.1 Å². The van der Waals surface area contributed by atoms with Crippen LogP contribution in [0.5, 0.6) is 0 Å². The Morgan fingerprint density at radius 1 is 1.11 bits per heavy atom. The summed E-state index contributed by atoms with van der Waals surface area (Å²) in [6, 6.07) is 10.5. The minimum Gasteiger partial charge on any atom is -0.366 e. The molecule has 0 radical (unpaired) electrons. The molecule has 0 saturated carbocycles. The summed E-state index contributed by atoms with van der Waals surface area (Å²) in [4.78, 5) is 8.39. The third-order valence-electron chi connectivity index (χ3n) is 3.02. The third kappa shape index (κ3) is 4.03. The summed E-state index contributed by atoms with van der Waals surface area (Å²) in [5.74, 6) is 0.873. The van der Waals surface area contributed by atoms with Crippen LogP contribution < -0.4 is 11.1 Å². The number of benzene rings is 1. The lowest BCUT2D eigenvalue weighted by Crippen LogP contribution is -2.04. The van der Waals surface area contributed by atoms with E-state index in [0.29, 0.717) is 6.54 Å². The molecule has 4 nitrogen and oxygen atoms in total. The van der Waals surface area contributed by atoms with Gasteiger partial charge in [-0.15, -0.1) is 0 Å². The lowest BCUT2D eigenvalue weighted by molar-refractivity contribution is 0.964. The maximum Gasteiger partial charge on any atom is 0.129 e. The van der Waals surface area contributed by atoms with Gasteiger partial charge in [-0.2, -0.15) is 0 Å². The molecule has 19 heavy (non-hydrogen) atoms. The summed E-state index contributed by atoms with van der Waals surface area (Å²) in [5, 5.41) is 3.31. The molecule has 0 unspecified atom stereocenters. The number of nitrogens with zero attached hydrogens (tertiary/aromatic N) is 2. The van der Waals surface area contributed by atoms with Gasteiger partial charge in [0.25, 0.3) is 0 Å². The predicted octanol–water partition coefficient (Wildman–Crippen LogP) is 2.15. The van der Waals surface area contributed by atoms with E-state index in [0.717, 1.165) is 30.9 Å². The zero-order valence-electron chi connectivity index (χ0n) is 11.3. The van der Waals surface area contributed by atoms with Crippen LogP contribution in [0, 0.1) is 0 Å². The van der Waals surface area contributed by atoms with Crippen LogP contribution in [0.25, 0.3) is 0 Å². The first kappa shape index (κ1) is 13.5. The lowest BCUT2D eigenvalue weighted by Gasteiger charge is -2.07. The van der Waals surface area contributed by atoms with Crippen LogP contribution in [0.15, 0.2) is 36.7 Å². The smallest absolute Gasteiger partial charge is 0.129 e. The molecule has 0 spiro atoms. The number of nitrogens with one attached hydrogen (secondary N) is 1. The quantitative estimate of drug-likeness (QED) is 0.831. The van der Waals surface area contributed by atoms with E-state index in [4.69, 9.17) is 5.73 Å². The molecule has 4 heteroatoms. The third-order valence-corrected chi connectivity index (χ3v) is 3.02. The molecule has 2 rings (SSSR count). The van der Waals surface area contributed by atoms with Crippen molar-refractivity contribution in [1.82, 2.24) is 9.97 Å². The molecule has 0 fully saturated rings. The molecule has 0 bridgehead atoms. The highest BCUT2D eigenvalue weighted by Gasteiger charge is 1.98. The van der Waals surface area contributed by atoms with Crippen LogP contribution >= 0.6 is 0 Å². The van der Waals surface area contributed by atoms with Gasteiger partial charge >= 0.3 is 0 Å². The normalized spacial score (nSPS) is 10.4. The van der Waals surface area contributed by atoms with Gasteiger partial charge in [0, 0.05) is 18.3 Å². The number of aromatic nitrogens is 2. The molecule has 0 amide bonds. The zero-order valence-corrected chi connectivity index (χ0v) is 11.3. The molecule has 1 aromatic carbocycles. The molecule has 3 N–H and O–H groups in total. The first-order valence-corrected chi connectivity index (χ1v) is 6.64. The number of nitrogens with two attached hydrogens (primary N) is 1. The van der Waals surface area contributed by atoms with E-state index in [1.165, 1.54) is 11.1 Å². The summed E-state index contributed by atoms with van der Waals surface area (Å²) in [6.07, 6.45) is 3.45. The summed E-state index contributed by atoms with van der Waals surface area (Å²) < 4.78 is 0. The van der Waals surface area contributed by atoms with E-state index in [-0.39, 0.29) is 0 Å². The fourth-order valence-electron chi connectivity index (χ4n) is 1.87. The second kappa shape index (κ2) is 6.85. The van der Waals surface area contributed by atoms with Crippen LogP contribution in [-0.4, -0.2) is 16.5 Å². The van der Waals surface area contributed by atoms with Gasteiger partial charge in [0.15, 0.2) is 0 Å². The van der Waals surface area contributed by atoms with Crippen molar-refractivity contribution in [2.45, 2.75) is 26.3 Å². The molecular weight excluding hydrogens is 236 g/mol. The van der Waals surface area contributed by atoms with Gasteiger partial charge in [-0.05, 0) is 30.5 Å². The molecule has 0 atom stereocenters. The summed E-state index contributed by atoms with van der Waals surface area (Å²) in [7, 11) is 0. The lowest BCUT2D eigenvalue weighted by atomic mass is 10.1. The topological polar surface area (TPSA) is 63.8 Å². The van der Waals surface area contributed by atoms with Crippen molar-refractivity contribution in [2.75, 3.05) is 11.9 Å². The van der Waals surface area contributed by atoms with Crippen molar-refractivity contribution in [1.29, 1.82) is 0 Å². The van der Waals surface area contributed by atoms with E-state index in [1.807, 2.05) is 6.07 Å². The molecule has 0 aliphatic rings. The minimum atomic E-state index is 0.693. The fourth-order valence-corrected chi connectivity index (χ4v) is 1.87. The van der Waals surface area contributed by atoms with Gasteiger partial charge in [0.2, 0.25) is 0 Å². The number of aryl methyl sites for hydroxylation is 1. The highest BCUT2D eigenvalue weighted by atomic mass is 15.0. The van der Waals surface area contributed by atoms with Crippen molar-refractivity contribution < 1.29 is 0 Å². The fraction of sp³-hybridized carbons (Fsp3) is 0.333. The SMILES string of the molecule is CCc1cc(NCc2ccc(CCN)cc2)ncn1. The number of hydrogen-bond donors (Lipinski definition) is 2. The molecule has 0 aliphatic carbocycles. The predicted molar refractivity (Wildman–Crippen MR) is 77.9 cm³/mol. The Kier molecular flexibility index (Phi) is 4.86. The van der Waals surface area contributed by atoms with Crippen LogP contribution in [-0.2, 0) is 19.4 Å². The summed E-state index contributed by atoms with van der Waals surface area (Å²) >= 11 is 0. The van der Waals surface area contributed by atoms with Crippen molar-refractivity contribution in [3.63, 3.8) is 0 Å². The molecule has 1 aromatic heterocycles. The average Bonchev–Trinajstić information content (AvgIpc) is 2.47. The minimum absolute atomic E-state index is 0.693. The molecule has 0 saturated heterocycles. The Balaban J connectivity index is 1.94. The van der Waals surface area contributed by atoms with Crippen LogP contribution in [0.2, 0.25) is 0 Å². The zero-order chi connectivity index (χ0) is 13.5. The van der Waals surface area contributed by atoms with Crippen molar-refractivity contribution >= 4 is 5.82 Å². The van der Waals surface area contributed by atoms with E-state index in [2.05, 4.69) is 46.5 Å². The van der Waals surface area contributed by atoms with Gasteiger partial charge in [-0.25, -0.2) is 9.97 Å². The van der Waals surface area contributed by atoms with Gasteiger partial charge in [-0.3, -0.25) is 0 Å². The Bertz CT molecular complexity index is 508. The van der Waals surface area contributed by atoms with Crippen LogP contribution in [0.1, 0.15) is 23.7 Å². The number of anilines is 1. The monoisotopic (exact) mass is 256 g/mol. The summed E-state index contributed by atoms with van der Waals surface area (Å²) in [6.45, 7) is 3.55. The van der Waals surface area contributed by atoms with E-state index in [9.17, 15) is 0 Å². The van der Waals surface area contributed by atoms with E-state index in [1.54, 1.807) is 6.33 Å². The Labute approximate surface area is 114 Å². The van der Waals surface area contributed by atoms with Gasteiger partial charge < -0.3 is 11.1 Å². The second-order valence-electron chi connectivity index (χ2n) is 4.46. The van der Waals surface area contributed by atoms with Crippen LogP contribution in [0.3, 0.4) is 0 Å². The number of rotatable bonds is 6. The first-order valence-electron chi connectivity index (χ1n) is 6.64. The van der Waals surface area contributed by atoms with Crippen molar-refractivity contribution in [3.8, 4) is 0 Å². The first-order chi connectivity index (χ1) is 9.31. The van der Waals surface area contributed by atoms with E-state index < -0.39 is 0 Å². The Hall–Kier alpha value is -1.94. The molecule has 100 valence electrons. The number of hydrogen-bond acceptors (Lipinski definition) is 4. The van der Waals surface area contributed by atoms with Crippen molar-refractivity contribution in [3.05, 3.63) is 53.5 Å². The standard InChI is InChI=1S/C15H20N4/c1-2-14-9-15(19-11-18-14)17-10-13-5-3-12(4-6-13)7-8-16/h3-6,9,11H,2,7-8,10,16H2,1H3,(H,17,18,19). The molecule has 1 heterocycles. The van der Waals surface area contributed by atoms with Gasteiger partial charge in [-0.1, -0.05) is 31.2 Å². The molecular formula is C15H20N4. The van der Waals surface area contributed by atoms with Gasteiger partial charge in [0.05, 0.1) is 0 Å². The molecule has 0 aliphatic heterocycles. The average molecular weight is 256 g/mol. The molecule has 2 aromatic rings. The summed E-state index contributed by atoms with van der Waals surface area (Å²) in [5.41, 5.74) is 9.10. The Morgan fingerprint density at radius 2 is 1.84 bits per heavy atom. The second-order valence-corrected chi connectivity index (χ2v) is 4.46. The Morgan fingerprint density at radius 3 is 2.53 bits per heavy atom.